The number of ether oxygens (including phenoxy) is 2. The Labute approximate surface area is 392 Å². The fourth-order valence-corrected chi connectivity index (χ4v) is 10.8. The van der Waals surface area contributed by atoms with Gasteiger partial charge in [0.2, 0.25) is 0 Å². The van der Waals surface area contributed by atoms with E-state index in [-0.39, 0.29) is 5.71 Å². The van der Waals surface area contributed by atoms with E-state index >= 15 is 0 Å². The van der Waals surface area contributed by atoms with Crippen LogP contribution in [0.15, 0.2) is 229 Å². The highest BCUT2D eigenvalue weighted by atomic mass is 16.5. The van der Waals surface area contributed by atoms with Crippen LogP contribution in [0.4, 0.5) is 0 Å². The first-order valence-electron chi connectivity index (χ1n) is 22.9. The van der Waals surface area contributed by atoms with Crippen LogP contribution in [0, 0.1) is 26.2 Å². The molecule has 11 rings (SSSR count). The minimum Gasteiger partial charge on any atom is -0.456 e. The summed E-state index contributed by atoms with van der Waals surface area (Å²) in [5, 5.41) is 10.2. The number of aliphatic imine (C=N–C) groups is 1. The van der Waals surface area contributed by atoms with Gasteiger partial charge in [-0.05, 0) is 90.1 Å². The van der Waals surface area contributed by atoms with Crippen LogP contribution in [-0.4, -0.2) is 11.9 Å². The number of fused-ring (bicyclic) bond motifs is 4. The van der Waals surface area contributed by atoms with Crippen molar-refractivity contribution in [2.75, 3.05) is 0 Å². The van der Waals surface area contributed by atoms with Crippen molar-refractivity contribution in [3.8, 4) is 23.0 Å². The van der Waals surface area contributed by atoms with Gasteiger partial charge < -0.3 is 14.9 Å². The van der Waals surface area contributed by atoms with Crippen LogP contribution >= 0.6 is 0 Å². The summed E-state index contributed by atoms with van der Waals surface area (Å²) >= 11 is 0. The van der Waals surface area contributed by atoms with Crippen molar-refractivity contribution in [2.24, 2.45) is 4.99 Å². The van der Waals surface area contributed by atoms with E-state index in [1.807, 2.05) is 36.6 Å². The molecule has 4 nitrogen and oxygen atoms in total. The summed E-state index contributed by atoms with van der Waals surface area (Å²) in [6.07, 6.45) is 3.83. The molecule has 2 aliphatic rings. The molecule has 0 spiro atoms. The van der Waals surface area contributed by atoms with Crippen molar-refractivity contribution in [3.05, 3.63) is 302 Å². The van der Waals surface area contributed by atoms with Gasteiger partial charge in [0, 0.05) is 39.6 Å². The van der Waals surface area contributed by atoms with E-state index in [0.717, 1.165) is 78.3 Å². The summed E-state index contributed by atoms with van der Waals surface area (Å²) in [5.74, 6) is 2.84. The number of aryl methyl sites for hydroxylation is 3. The summed E-state index contributed by atoms with van der Waals surface area (Å²) in [7, 11) is 0. The topological polar surface area (TPSA) is 54.7 Å². The lowest BCUT2D eigenvalue weighted by Gasteiger charge is -2.42. The molecule has 0 aliphatic carbocycles. The number of benzene rings is 9. The lowest BCUT2D eigenvalue weighted by atomic mass is 9.63. The average molecular weight is 865 g/mol. The molecular weight excluding hydrogens is 817 g/mol. The highest BCUT2D eigenvalue weighted by Gasteiger charge is 2.47. The van der Waals surface area contributed by atoms with E-state index in [1.165, 1.54) is 5.56 Å². The Kier molecular flexibility index (Phi) is 10.4. The lowest BCUT2D eigenvalue weighted by Crippen LogP contribution is -2.34. The SMILES string of the molecule is Cc1cc(C)c(C=N/C(=C\C(=N)c2cccc3c2Oc2ccccc2C3(c2ccccc2)c2ccccc2)c2cccc3c2Oc2ccccc2C3(c2ccccc2)c2ccccc2)c(C)c1. The second kappa shape index (κ2) is 16.9. The molecular formula is C63H48N2O2. The van der Waals surface area contributed by atoms with Gasteiger partial charge in [0.05, 0.1) is 22.2 Å². The number of nitrogens with zero attached hydrogens (tertiary/aromatic N) is 1. The zero-order valence-electron chi connectivity index (χ0n) is 37.7. The predicted molar refractivity (Wildman–Crippen MR) is 273 cm³/mol. The van der Waals surface area contributed by atoms with E-state index in [0.29, 0.717) is 22.8 Å². The van der Waals surface area contributed by atoms with E-state index < -0.39 is 10.8 Å². The summed E-state index contributed by atoms with van der Waals surface area (Å²) < 4.78 is 14.1. The number of hydrogen-bond acceptors (Lipinski definition) is 4. The quantitative estimate of drug-likeness (QED) is 0.147. The Morgan fingerprint density at radius 1 is 0.433 bits per heavy atom. The first-order chi connectivity index (χ1) is 32.9. The van der Waals surface area contributed by atoms with Crippen molar-refractivity contribution in [3.63, 3.8) is 0 Å². The molecule has 0 unspecified atom stereocenters. The summed E-state index contributed by atoms with van der Waals surface area (Å²) in [4.78, 5) is 5.38. The molecule has 322 valence electrons. The molecule has 0 saturated carbocycles. The molecule has 1 N–H and O–H groups in total. The number of allylic oxidation sites excluding steroid dienone is 1. The standard InChI is InChI=1S/C63H48N2O2/c1-42-38-43(2)51(44(3)39-42)41-65-57(50-31-21-35-55-61(50)67-59-37-19-17-33-53(59)63(55,47-26-12-6-13-27-47)48-28-14-7-15-29-48)40-56(64)49-30-20-34-54-60(49)66-58-36-18-16-32-52(58)62(54,45-22-8-4-9-23-45)46-24-10-5-11-25-46/h4-41,64H,1-3H3/b57-40-,64-56?,65-41?. The van der Waals surface area contributed by atoms with Crippen molar-refractivity contribution in [1.29, 1.82) is 5.41 Å². The minimum atomic E-state index is -0.730. The van der Waals surface area contributed by atoms with Crippen molar-refractivity contribution in [2.45, 2.75) is 31.6 Å². The van der Waals surface area contributed by atoms with Gasteiger partial charge in [0.25, 0.3) is 0 Å². The van der Waals surface area contributed by atoms with Gasteiger partial charge in [-0.3, -0.25) is 4.99 Å². The maximum atomic E-state index is 10.2. The summed E-state index contributed by atoms with van der Waals surface area (Å²) in [6, 6.07) is 76.3. The largest absolute Gasteiger partial charge is 0.456 e. The maximum Gasteiger partial charge on any atom is 0.141 e. The highest BCUT2D eigenvalue weighted by Crippen LogP contribution is 2.58. The number of nitrogens with one attached hydrogen (secondary N) is 1. The van der Waals surface area contributed by atoms with Gasteiger partial charge in [-0.25, -0.2) is 0 Å². The van der Waals surface area contributed by atoms with E-state index in [2.05, 4.69) is 215 Å². The third kappa shape index (κ3) is 6.75. The van der Waals surface area contributed by atoms with Crippen LogP contribution in [0.2, 0.25) is 0 Å². The van der Waals surface area contributed by atoms with Crippen LogP contribution in [0.1, 0.15) is 77.9 Å². The monoisotopic (exact) mass is 864 g/mol. The van der Waals surface area contributed by atoms with Crippen LogP contribution in [0.5, 0.6) is 23.0 Å². The number of para-hydroxylation sites is 4. The van der Waals surface area contributed by atoms with Gasteiger partial charge >= 0.3 is 0 Å². The lowest BCUT2D eigenvalue weighted by molar-refractivity contribution is 0.433. The Morgan fingerprint density at radius 2 is 0.806 bits per heavy atom. The van der Waals surface area contributed by atoms with Gasteiger partial charge in [-0.1, -0.05) is 200 Å². The fourth-order valence-electron chi connectivity index (χ4n) is 10.8. The molecule has 0 radical (unpaired) electrons. The molecule has 0 aromatic heterocycles. The van der Waals surface area contributed by atoms with E-state index in [4.69, 9.17) is 14.5 Å². The first kappa shape index (κ1) is 41.4. The second-order valence-electron chi connectivity index (χ2n) is 17.5. The van der Waals surface area contributed by atoms with Crippen molar-refractivity contribution < 1.29 is 9.47 Å². The van der Waals surface area contributed by atoms with Crippen molar-refractivity contribution >= 4 is 17.6 Å². The molecule has 67 heavy (non-hydrogen) atoms. The summed E-state index contributed by atoms with van der Waals surface area (Å²) in [5.41, 5.74) is 13.8. The average Bonchev–Trinajstić information content (AvgIpc) is 3.37. The molecule has 0 amide bonds. The Balaban J connectivity index is 1.16. The van der Waals surface area contributed by atoms with E-state index in [1.54, 1.807) is 0 Å². The molecule has 0 atom stereocenters. The van der Waals surface area contributed by atoms with Crippen LogP contribution < -0.4 is 9.47 Å². The fraction of sp³-hybridized carbons (Fsp3) is 0.0794. The molecule has 2 heterocycles. The van der Waals surface area contributed by atoms with Crippen LogP contribution in [0.3, 0.4) is 0 Å². The molecule has 0 saturated heterocycles. The van der Waals surface area contributed by atoms with Crippen LogP contribution in [-0.2, 0) is 10.8 Å². The Bertz CT molecular complexity index is 3290. The highest BCUT2D eigenvalue weighted by molar-refractivity contribution is 6.13. The Morgan fingerprint density at radius 3 is 1.25 bits per heavy atom. The number of hydrogen-bond donors (Lipinski definition) is 1. The molecule has 0 fully saturated rings. The predicted octanol–water partition coefficient (Wildman–Crippen LogP) is 15.1. The van der Waals surface area contributed by atoms with Gasteiger partial charge in [0.15, 0.2) is 0 Å². The van der Waals surface area contributed by atoms with Gasteiger partial charge in [-0.15, -0.1) is 0 Å². The van der Waals surface area contributed by atoms with Crippen LogP contribution in [0.25, 0.3) is 5.70 Å². The number of rotatable bonds is 9. The molecule has 0 bridgehead atoms. The molecule has 9 aromatic rings. The third-order valence-electron chi connectivity index (χ3n) is 13.6. The maximum absolute atomic E-state index is 10.2. The molecule has 9 aromatic carbocycles. The smallest absolute Gasteiger partial charge is 0.141 e. The third-order valence-corrected chi connectivity index (χ3v) is 13.6. The van der Waals surface area contributed by atoms with Gasteiger partial charge in [0.1, 0.15) is 23.0 Å². The summed E-state index contributed by atoms with van der Waals surface area (Å²) in [6.45, 7) is 6.38. The zero-order valence-corrected chi connectivity index (χ0v) is 37.7. The van der Waals surface area contributed by atoms with E-state index in [9.17, 15) is 5.41 Å². The molecule has 4 heteroatoms. The minimum absolute atomic E-state index is 0.252. The zero-order chi connectivity index (χ0) is 45.5. The second-order valence-corrected chi connectivity index (χ2v) is 17.5. The van der Waals surface area contributed by atoms with Crippen molar-refractivity contribution in [1.82, 2.24) is 0 Å². The Hall–Kier alpha value is -8.34. The first-order valence-corrected chi connectivity index (χ1v) is 22.9. The molecule has 2 aliphatic heterocycles. The normalized spacial score (nSPS) is 14.2. The van der Waals surface area contributed by atoms with Gasteiger partial charge in [-0.2, -0.15) is 0 Å².